The lowest BCUT2D eigenvalue weighted by Gasteiger charge is -2.24. The van der Waals surface area contributed by atoms with E-state index in [9.17, 15) is 0 Å². The van der Waals surface area contributed by atoms with Crippen molar-refractivity contribution in [3.05, 3.63) is 29.8 Å². The second-order valence-corrected chi connectivity index (χ2v) is 5.20. The van der Waals surface area contributed by atoms with E-state index >= 15 is 0 Å². The molecule has 3 heteroatoms. The molecule has 0 radical (unpaired) electrons. The van der Waals surface area contributed by atoms with Crippen molar-refractivity contribution in [2.75, 3.05) is 26.2 Å². The number of hydrogen-bond donors (Lipinski definition) is 1. The van der Waals surface area contributed by atoms with Crippen LogP contribution < -0.4 is 10.1 Å². The van der Waals surface area contributed by atoms with Crippen LogP contribution in [-0.2, 0) is 6.54 Å². The number of rotatable bonds is 7. The van der Waals surface area contributed by atoms with Gasteiger partial charge in [-0.1, -0.05) is 19.1 Å². The second kappa shape index (κ2) is 7.51. The summed E-state index contributed by atoms with van der Waals surface area (Å²) in [7, 11) is 0. The Morgan fingerprint density at radius 3 is 2.95 bits per heavy atom. The maximum atomic E-state index is 5.56. The zero-order valence-electron chi connectivity index (χ0n) is 12.2. The molecule has 1 aromatic rings. The molecule has 1 atom stereocenters. The van der Waals surface area contributed by atoms with Crippen LogP contribution in [0.25, 0.3) is 0 Å². The molecule has 0 bridgehead atoms. The Labute approximate surface area is 116 Å². The van der Waals surface area contributed by atoms with Gasteiger partial charge in [-0.15, -0.1) is 0 Å². The van der Waals surface area contributed by atoms with Crippen molar-refractivity contribution >= 4 is 0 Å². The summed E-state index contributed by atoms with van der Waals surface area (Å²) in [4.78, 5) is 2.51. The lowest BCUT2D eigenvalue weighted by molar-refractivity contribution is 0.253. The number of likely N-dealkylation sites (N-methyl/N-ethyl adjacent to an activating group) is 1. The highest BCUT2D eigenvalue weighted by molar-refractivity contribution is 5.28. The van der Waals surface area contributed by atoms with E-state index in [1.165, 1.54) is 24.9 Å². The van der Waals surface area contributed by atoms with Gasteiger partial charge in [0.1, 0.15) is 5.75 Å². The first-order valence-electron chi connectivity index (χ1n) is 7.49. The maximum absolute atomic E-state index is 5.56. The predicted molar refractivity (Wildman–Crippen MR) is 79.6 cm³/mol. The molecule has 1 aromatic carbocycles. The van der Waals surface area contributed by atoms with Crippen LogP contribution in [0.5, 0.6) is 5.75 Å². The largest absolute Gasteiger partial charge is 0.494 e. The lowest BCUT2D eigenvalue weighted by atomic mass is 10.1. The van der Waals surface area contributed by atoms with Crippen LogP contribution in [0.4, 0.5) is 0 Å². The summed E-state index contributed by atoms with van der Waals surface area (Å²) in [5, 5.41) is 3.57. The summed E-state index contributed by atoms with van der Waals surface area (Å²) < 4.78 is 5.56. The SMILES string of the molecule is CCOc1cccc(CN(CC)CC2CCCN2)c1. The second-order valence-electron chi connectivity index (χ2n) is 5.20. The van der Waals surface area contributed by atoms with E-state index in [0.717, 1.165) is 32.0 Å². The van der Waals surface area contributed by atoms with E-state index in [-0.39, 0.29) is 0 Å². The van der Waals surface area contributed by atoms with Gasteiger partial charge in [-0.2, -0.15) is 0 Å². The fourth-order valence-electron chi connectivity index (χ4n) is 2.69. The summed E-state index contributed by atoms with van der Waals surface area (Å²) in [5.74, 6) is 0.982. The summed E-state index contributed by atoms with van der Waals surface area (Å²) in [6.45, 7) is 9.43. The Hall–Kier alpha value is -1.06. The fourth-order valence-corrected chi connectivity index (χ4v) is 2.69. The first-order valence-corrected chi connectivity index (χ1v) is 7.49. The van der Waals surface area contributed by atoms with Crippen LogP contribution in [0.2, 0.25) is 0 Å². The van der Waals surface area contributed by atoms with E-state index in [1.807, 2.05) is 13.0 Å². The molecular formula is C16H26N2O. The molecule has 19 heavy (non-hydrogen) atoms. The molecule has 1 N–H and O–H groups in total. The minimum absolute atomic E-state index is 0.676. The number of benzene rings is 1. The molecule has 0 spiro atoms. The van der Waals surface area contributed by atoms with Crippen LogP contribution in [0.1, 0.15) is 32.3 Å². The molecule has 1 aliphatic rings. The van der Waals surface area contributed by atoms with Crippen molar-refractivity contribution in [2.45, 2.75) is 39.3 Å². The van der Waals surface area contributed by atoms with Gasteiger partial charge in [-0.25, -0.2) is 0 Å². The smallest absolute Gasteiger partial charge is 0.119 e. The predicted octanol–water partition coefficient (Wildman–Crippen LogP) is 2.66. The normalized spacial score (nSPS) is 19.0. The molecule has 1 aliphatic heterocycles. The quantitative estimate of drug-likeness (QED) is 0.817. The third kappa shape index (κ3) is 4.51. The molecule has 0 saturated carbocycles. The summed E-state index contributed by atoms with van der Waals surface area (Å²) in [5.41, 5.74) is 1.34. The van der Waals surface area contributed by atoms with Gasteiger partial charge in [0, 0.05) is 19.1 Å². The van der Waals surface area contributed by atoms with Crippen molar-refractivity contribution in [2.24, 2.45) is 0 Å². The van der Waals surface area contributed by atoms with Gasteiger partial charge in [0.2, 0.25) is 0 Å². The number of nitrogens with one attached hydrogen (secondary N) is 1. The van der Waals surface area contributed by atoms with E-state index in [4.69, 9.17) is 4.74 Å². The molecule has 3 nitrogen and oxygen atoms in total. The molecular weight excluding hydrogens is 236 g/mol. The summed E-state index contributed by atoms with van der Waals surface area (Å²) in [6, 6.07) is 9.14. The lowest BCUT2D eigenvalue weighted by Crippen LogP contribution is -2.37. The summed E-state index contributed by atoms with van der Waals surface area (Å²) in [6.07, 6.45) is 2.64. The fraction of sp³-hybridized carbons (Fsp3) is 0.625. The van der Waals surface area contributed by atoms with E-state index in [1.54, 1.807) is 0 Å². The third-order valence-electron chi connectivity index (χ3n) is 3.70. The molecule has 2 rings (SSSR count). The van der Waals surface area contributed by atoms with E-state index in [0.29, 0.717) is 6.04 Å². The van der Waals surface area contributed by atoms with E-state index in [2.05, 4.69) is 35.3 Å². The van der Waals surface area contributed by atoms with Gasteiger partial charge in [0.15, 0.2) is 0 Å². The van der Waals surface area contributed by atoms with Gasteiger partial charge in [0.05, 0.1) is 6.61 Å². The highest BCUT2D eigenvalue weighted by Crippen LogP contribution is 2.16. The highest BCUT2D eigenvalue weighted by Gasteiger charge is 2.17. The number of nitrogens with zero attached hydrogens (tertiary/aromatic N) is 1. The Balaban J connectivity index is 1.91. The molecule has 106 valence electrons. The monoisotopic (exact) mass is 262 g/mol. The Kier molecular flexibility index (Phi) is 5.67. The van der Waals surface area contributed by atoms with Crippen molar-refractivity contribution in [1.82, 2.24) is 10.2 Å². The Morgan fingerprint density at radius 1 is 1.37 bits per heavy atom. The van der Waals surface area contributed by atoms with Crippen LogP contribution >= 0.6 is 0 Å². The molecule has 1 saturated heterocycles. The van der Waals surface area contributed by atoms with Gasteiger partial charge in [-0.3, -0.25) is 4.90 Å². The number of hydrogen-bond acceptors (Lipinski definition) is 3. The molecule has 1 heterocycles. The highest BCUT2D eigenvalue weighted by atomic mass is 16.5. The van der Waals surface area contributed by atoms with Gasteiger partial charge < -0.3 is 10.1 Å². The van der Waals surface area contributed by atoms with Crippen LogP contribution in [-0.4, -0.2) is 37.2 Å². The minimum atomic E-state index is 0.676. The Morgan fingerprint density at radius 2 is 2.26 bits per heavy atom. The summed E-state index contributed by atoms with van der Waals surface area (Å²) >= 11 is 0. The van der Waals surface area contributed by atoms with Crippen LogP contribution in [0.3, 0.4) is 0 Å². The molecule has 1 fully saturated rings. The van der Waals surface area contributed by atoms with Crippen LogP contribution in [0.15, 0.2) is 24.3 Å². The van der Waals surface area contributed by atoms with Gasteiger partial charge in [-0.05, 0) is 50.6 Å². The average molecular weight is 262 g/mol. The van der Waals surface area contributed by atoms with E-state index < -0.39 is 0 Å². The molecule has 1 unspecified atom stereocenters. The number of ether oxygens (including phenoxy) is 1. The first-order chi connectivity index (χ1) is 9.31. The third-order valence-corrected chi connectivity index (χ3v) is 3.70. The molecule has 0 aliphatic carbocycles. The average Bonchev–Trinajstić information content (AvgIpc) is 2.92. The van der Waals surface area contributed by atoms with Crippen molar-refractivity contribution < 1.29 is 4.74 Å². The van der Waals surface area contributed by atoms with Gasteiger partial charge in [0.25, 0.3) is 0 Å². The van der Waals surface area contributed by atoms with Crippen LogP contribution in [0, 0.1) is 0 Å². The van der Waals surface area contributed by atoms with Crippen molar-refractivity contribution in [3.63, 3.8) is 0 Å². The van der Waals surface area contributed by atoms with Gasteiger partial charge >= 0.3 is 0 Å². The molecule has 0 amide bonds. The first kappa shape index (κ1) is 14.4. The van der Waals surface area contributed by atoms with Crippen molar-refractivity contribution in [1.29, 1.82) is 0 Å². The maximum Gasteiger partial charge on any atom is 0.119 e. The Bertz CT molecular complexity index is 375. The minimum Gasteiger partial charge on any atom is -0.494 e. The molecule has 0 aromatic heterocycles. The standard InChI is InChI=1S/C16H26N2O/c1-3-18(13-15-8-6-10-17-15)12-14-7-5-9-16(11-14)19-4-2/h5,7,9,11,15,17H,3-4,6,8,10,12-13H2,1-2H3. The zero-order chi connectivity index (χ0) is 13.5. The van der Waals surface area contributed by atoms with Crippen molar-refractivity contribution in [3.8, 4) is 5.75 Å². The topological polar surface area (TPSA) is 24.5 Å². The zero-order valence-corrected chi connectivity index (χ0v) is 12.2.